The summed E-state index contributed by atoms with van der Waals surface area (Å²) < 4.78 is 4.95. The first-order valence-corrected chi connectivity index (χ1v) is 14.2. The van der Waals surface area contributed by atoms with Crippen molar-refractivity contribution in [2.45, 2.75) is 26.1 Å². The minimum Gasteiger partial charge on any atom is -0.329 e. The van der Waals surface area contributed by atoms with Gasteiger partial charge in [0.15, 0.2) is 5.82 Å². The van der Waals surface area contributed by atoms with Crippen LogP contribution in [0.15, 0.2) is 95.7 Å². The van der Waals surface area contributed by atoms with Crippen molar-refractivity contribution in [3.8, 4) is 11.3 Å². The molecule has 0 fully saturated rings. The number of aromatic nitrogens is 7. The molecule has 1 aliphatic heterocycles. The molecule has 6 aromatic rings. The molecule has 202 valence electrons. The minimum absolute atomic E-state index is 0.0242. The van der Waals surface area contributed by atoms with Gasteiger partial charge in [0.1, 0.15) is 11.5 Å². The Balaban J connectivity index is 1.09. The van der Waals surface area contributed by atoms with Crippen molar-refractivity contribution in [1.82, 2.24) is 39.6 Å². The van der Waals surface area contributed by atoms with Crippen LogP contribution in [0.25, 0.3) is 22.2 Å². The van der Waals surface area contributed by atoms with Crippen LogP contribution in [0.3, 0.4) is 0 Å². The van der Waals surface area contributed by atoms with Gasteiger partial charge in [0.2, 0.25) is 0 Å². The molecule has 0 N–H and O–H groups in total. The van der Waals surface area contributed by atoms with E-state index in [1.54, 1.807) is 10.9 Å². The summed E-state index contributed by atoms with van der Waals surface area (Å²) in [6.07, 6.45) is 4.39. The normalized spacial score (nSPS) is 13.0. The molecular formula is C31H25BrN8O. The number of rotatable bonds is 6. The monoisotopic (exact) mass is 604 g/mol. The molecule has 41 heavy (non-hydrogen) atoms. The Morgan fingerprint density at radius 1 is 0.902 bits per heavy atom. The second-order valence-electron chi connectivity index (χ2n) is 10.1. The van der Waals surface area contributed by atoms with E-state index in [4.69, 9.17) is 0 Å². The van der Waals surface area contributed by atoms with Crippen molar-refractivity contribution >= 4 is 32.7 Å². The fraction of sp³-hybridized carbons (Fsp3) is 0.161. The fourth-order valence-corrected chi connectivity index (χ4v) is 5.84. The molecule has 0 atom stereocenters. The maximum atomic E-state index is 13.7. The van der Waals surface area contributed by atoms with Gasteiger partial charge in [0.05, 0.1) is 24.8 Å². The summed E-state index contributed by atoms with van der Waals surface area (Å²) in [6, 6.07) is 25.8. The predicted octanol–water partition coefficient (Wildman–Crippen LogP) is 5.14. The Morgan fingerprint density at radius 2 is 1.80 bits per heavy atom. The number of fused-ring (bicyclic) bond motifs is 2. The Bertz CT molecular complexity index is 1890. The minimum atomic E-state index is -0.0242. The molecule has 0 aliphatic carbocycles. The zero-order valence-electron chi connectivity index (χ0n) is 22.1. The van der Waals surface area contributed by atoms with E-state index in [-0.39, 0.29) is 5.91 Å². The van der Waals surface area contributed by atoms with Gasteiger partial charge in [-0.25, -0.2) is 4.68 Å². The molecule has 10 heteroatoms. The molecule has 0 radical (unpaired) electrons. The summed E-state index contributed by atoms with van der Waals surface area (Å²) in [5, 5.41) is 18.7. The molecule has 0 bridgehead atoms. The van der Waals surface area contributed by atoms with Gasteiger partial charge in [-0.15, -0.1) is 15.3 Å². The quantitative estimate of drug-likeness (QED) is 0.261. The molecule has 9 nitrogen and oxygen atoms in total. The molecule has 0 unspecified atom stereocenters. The highest BCUT2D eigenvalue weighted by molar-refractivity contribution is 9.10. The van der Waals surface area contributed by atoms with Crippen molar-refractivity contribution in [2.75, 3.05) is 6.54 Å². The molecule has 3 aromatic heterocycles. The van der Waals surface area contributed by atoms with E-state index in [0.717, 1.165) is 49.4 Å². The summed E-state index contributed by atoms with van der Waals surface area (Å²) in [5.41, 5.74) is 5.35. The van der Waals surface area contributed by atoms with Crippen molar-refractivity contribution in [2.24, 2.45) is 0 Å². The second kappa shape index (κ2) is 10.7. The summed E-state index contributed by atoms with van der Waals surface area (Å²) in [5.74, 6) is 1.69. The predicted molar refractivity (Wildman–Crippen MR) is 158 cm³/mol. The van der Waals surface area contributed by atoms with E-state index in [2.05, 4.69) is 58.1 Å². The van der Waals surface area contributed by atoms with Gasteiger partial charge < -0.3 is 9.47 Å². The number of halogens is 1. The third-order valence-electron chi connectivity index (χ3n) is 7.41. The van der Waals surface area contributed by atoms with Crippen LogP contribution < -0.4 is 0 Å². The number of carbonyl (C=O) groups is 1. The van der Waals surface area contributed by atoms with E-state index in [1.807, 2.05) is 77.8 Å². The van der Waals surface area contributed by atoms with Crippen LogP contribution >= 0.6 is 15.9 Å². The SMILES string of the molecule is O=C(c1ccccc1Cn1cc(-c2cccc3ncccc23)nn1)N1CCn2c(Cc3cccc(Br)c3)nnc2C1. The Morgan fingerprint density at radius 3 is 2.73 bits per heavy atom. The maximum absolute atomic E-state index is 13.7. The lowest BCUT2D eigenvalue weighted by Crippen LogP contribution is -2.39. The Hall–Kier alpha value is -4.70. The molecule has 0 spiro atoms. The second-order valence-corrected chi connectivity index (χ2v) is 11.0. The first-order valence-electron chi connectivity index (χ1n) is 13.4. The third kappa shape index (κ3) is 5.02. The molecule has 4 heterocycles. The maximum Gasteiger partial charge on any atom is 0.254 e. The molecular weight excluding hydrogens is 580 g/mol. The van der Waals surface area contributed by atoms with Crippen LogP contribution in [-0.2, 0) is 26.1 Å². The lowest BCUT2D eigenvalue weighted by atomic mass is 10.1. The van der Waals surface area contributed by atoms with Crippen molar-refractivity contribution in [3.63, 3.8) is 0 Å². The van der Waals surface area contributed by atoms with Crippen molar-refractivity contribution < 1.29 is 4.79 Å². The van der Waals surface area contributed by atoms with Crippen LogP contribution in [0.5, 0.6) is 0 Å². The Kier molecular flexibility index (Phi) is 6.60. The molecule has 1 amide bonds. The van der Waals surface area contributed by atoms with Gasteiger partial charge in [-0.3, -0.25) is 9.78 Å². The van der Waals surface area contributed by atoms with Crippen LogP contribution in [0.4, 0.5) is 0 Å². The molecule has 0 saturated carbocycles. The number of benzene rings is 3. The van der Waals surface area contributed by atoms with Crippen molar-refractivity contribution in [3.05, 3.63) is 124 Å². The van der Waals surface area contributed by atoms with Crippen LogP contribution in [0.2, 0.25) is 0 Å². The smallest absolute Gasteiger partial charge is 0.254 e. The third-order valence-corrected chi connectivity index (χ3v) is 7.90. The van der Waals surface area contributed by atoms with Gasteiger partial charge in [-0.2, -0.15) is 0 Å². The summed E-state index contributed by atoms with van der Waals surface area (Å²) in [7, 11) is 0. The number of amides is 1. The zero-order valence-corrected chi connectivity index (χ0v) is 23.6. The molecule has 0 saturated heterocycles. The van der Waals surface area contributed by atoms with E-state index in [9.17, 15) is 4.79 Å². The van der Waals surface area contributed by atoms with E-state index in [0.29, 0.717) is 38.2 Å². The van der Waals surface area contributed by atoms with Gasteiger partial charge in [-0.05, 0) is 41.5 Å². The van der Waals surface area contributed by atoms with Gasteiger partial charge in [0.25, 0.3) is 5.91 Å². The fourth-order valence-electron chi connectivity index (χ4n) is 5.39. The molecule has 7 rings (SSSR count). The highest BCUT2D eigenvalue weighted by Gasteiger charge is 2.26. The number of nitrogens with zero attached hydrogens (tertiary/aromatic N) is 8. The lowest BCUT2D eigenvalue weighted by Gasteiger charge is -2.28. The summed E-state index contributed by atoms with van der Waals surface area (Å²) in [6.45, 7) is 2.10. The van der Waals surface area contributed by atoms with Gasteiger partial charge in [0, 0.05) is 46.7 Å². The van der Waals surface area contributed by atoms with Gasteiger partial charge in [-0.1, -0.05) is 69.7 Å². The topological polar surface area (TPSA) is 94.6 Å². The summed E-state index contributed by atoms with van der Waals surface area (Å²) in [4.78, 5) is 20.0. The number of pyridine rings is 1. The number of carbonyl (C=O) groups excluding carboxylic acids is 1. The standard InChI is InChI=1S/C31H25BrN8O/c32-23-8-3-6-21(16-23)17-29-35-36-30-20-38(14-15-40(29)30)31(41)24-9-2-1-7-22(24)18-39-19-28(34-37-39)26-10-4-12-27-25(26)11-5-13-33-27/h1-13,16,19H,14-15,17-18,20H2. The van der Waals surface area contributed by atoms with E-state index in [1.165, 1.54) is 0 Å². The van der Waals surface area contributed by atoms with Gasteiger partial charge >= 0.3 is 0 Å². The van der Waals surface area contributed by atoms with E-state index >= 15 is 0 Å². The summed E-state index contributed by atoms with van der Waals surface area (Å²) >= 11 is 3.54. The molecule has 3 aromatic carbocycles. The average molecular weight is 606 g/mol. The zero-order chi connectivity index (χ0) is 27.8. The first kappa shape index (κ1) is 25.3. The van der Waals surface area contributed by atoms with Crippen LogP contribution in [-0.4, -0.2) is 52.1 Å². The largest absolute Gasteiger partial charge is 0.329 e. The number of hydrogen-bond acceptors (Lipinski definition) is 6. The lowest BCUT2D eigenvalue weighted by molar-refractivity contribution is 0.0705. The van der Waals surface area contributed by atoms with Crippen LogP contribution in [0, 0.1) is 0 Å². The Labute approximate surface area is 244 Å². The van der Waals surface area contributed by atoms with E-state index < -0.39 is 0 Å². The van der Waals surface area contributed by atoms with Crippen LogP contribution in [0.1, 0.15) is 33.1 Å². The number of hydrogen-bond donors (Lipinski definition) is 0. The molecule has 1 aliphatic rings. The highest BCUT2D eigenvalue weighted by atomic mass is 79.9. The van der Waals surface area contributed by atoms with Crippen molar-refractivity contribution in [1.29, 1.82) is 0 Å². The average Bonchev–Trinajstić information content (AvgIpc) is 3.63. The highest BCUT2D eigenvalue weighted by Crippen LogP contribution is 2.26. The first-order chi connectivity index (χ1) is 20.1.